The summed E-state index contributed by atoms with van der Waals surface area (Å²) in [7, 11) is 0. The van der Waals surface area contributed by atoms with Crippen molar-refractivity contribution in [2.24, 2.45) is 0 Å². The minimum atomic E-state index is -0.273. The van der Waals surface area contributed by atoms with Crippen molar-refractivity contribution >= 4 is 34.1 Å². The van der Waals surface area contributed by atoms with Crippen molar-refractivity contribution < 1.29 is 4.79 Å². The fourth-order valence-electron chi connectivity index (χ4n) is 2.94. The summed E-state index contributed by atoms with van der Waals surface area (Å²) in [5.41, 5.74) is 4.21. The first-order chi connectivity index (χ1) is 13.1. The van der Waals surface area contributed by atoms with E-state index in [2.05, 4.69) is 15.5 Å². The lowest BCUT2D eigenvalue weighted by Crippen LogP contribution is -2.15. The molecule has 4 rings (SSSR count). The van der Waals surface area contributed by atoms with Crippen molar-refractivity contribution in [2.45, 2.75) is 6.92 Å². The Hall–Kier alpha value is -3.24. The minimum absolute atomic E-state index is 0.273. The number of rotatable bonds is 3. The number of aryl methyl sites for hydroxylation is 1. The fraction of sp³-hybridized carbons (Fsp3) is 0.0455. The van der Waals surface area contributed by atoms with E-state index < -0.39 is 0 Å². The average Bonchev–Trinajstić information content (AvgIpc) is 2.69. The molecule has 0 saturated carbocycles. The number of aromatic nitrogens is 2. The SMILES string of the molecule is Cc1ccc(-c2nnc3ccccc3c2C(=O)Nc2ccccc2Cl)cc1. The van der Waals surface area contributed by atoms with Gasteiger partial charge in [0.15, 0.2) is 0 Å². The molecule has 3 aromatic carbocycles. The summed E-state index contributed by atoms with van der Waals surface area (Å²) in [5, 5.41) is 12.8. The van der Waals surface area contributed by atoms with Crippen LogP contribution in [0.3, 0.4) is 0 Å². The normalized spacial score (nSPS) is 10.7. The van der Waals surface area contributed by atoms with E-state index in [0.29, 0.717) is 27.5 Å². The van der Waals surface area contributed by atoms with Gasteiger partial charge in [-0.15, -0.1) is 10.2 Å². The Kier molecular flexibility index (Phi) is 4.57. The van der Waals surface area contributed by atoms with E-state index in [1.54, 1.807) is 12.1 Å². The second-order valence-corrected chi connectivity index (χ2v) is 6.65. The lowest BCUT2D eigenvalue weighted by atomic mass is 10.0. The van der Waals surface area contributed by atoms with Gasteiger partial charge in [0, 0.05) is 10.9 Å². The molecule has 0 radical (unpaired) electrons. The first-order valence-corrected chi connectivity index (χ1v) is 8.89. The van der Waals surface area contributed by atoms with Gasteiger partial charge < -0.3 is 5.32 Å². The van der Waals surface area contributed by atoms with Gasteiger partial charge in [-0.3, -0.25) is 4.79 Å². The molecule has 0 spiro atoms. The van der Waals surface area contributed by atoms with Gasteiger partial charge in [0.2, 0.25) is 0 Å². The number of carbonyl (C=O) groups is 1. The molecule has 0 aliphatic heterocycles. The Morgan fingerprint density at radius 1 is 0.889 bits per heavy atom. The average molecular weight is 374 g/mol. The third kappa shape index (κ3) is 3.39. The van der Waals surface area contributed by atoms with E-state index in [9.17, 15) is 4.79 Å². The number of nitrogens with zero attached hydrogens (tertiary/aromatic N) is 2. The lowest BCUT2D eigenvalue weighted by Gasteiger charge is -2.13. The van der Waals surface area contributed by atoms with Crippen molar-refractivity contribution in [1.29, 1.82) is 0 Å². The topological polar surface area (TPSA) is 54.9 Å². The number of amides is 1. The number of para-hydroxylation sites is 1. The Balaban J connectivity index is 1.88. The second kappa shape index (κ2) is 7.17. The Morgan fingerprint density at radius 3 is 2.37 bits per heavy atom. The number of nitrogens with one attached hydrogen (secondary N) is 1. The van der Waals surface area contributed by atoms with Crippen LogP contribution in [-0.2, 0) is 0 Å². The van der Waals surface area contributed by atoms with Crippen LogP contribution in [0.15, 0.2) is 72.8 Å². The van der Waals surface area contributed by atoms with Crippen LogP contribution in [0.4, 0.5) is 5.69 Å². The standard InChI is InChI=1S/C22H16ClN3O/c1-14-10-12-15(13-11-14)21-20(16-6-2-4-8-18(16)25-26-21)22(27)24-19-9-5-3-7-17(19)23/h2-13H,1H3,(H,24,27). The summed E-state index contributed by atoms with van der Waals surface area (Å²) in [6.07, 6.45) is 0. The van der Waals surface area contributed by atoms with E-state index in [4.69, 9.17) is 11.6 Å². The second-order valence-electron chi connectivity index (χ2n) is 6.24. The highest BCUT2D eigenvalue weighted by atomic mass is 35.5. The molecule has 1 heterocycles. The van der Waals surface area contributed by atoms with Crippen molar-refractivity contribution in [1.82, 2.24) is 10.2 Å². The van der Waals surface area contributed by atoms with Crippen LogP contribution < -0.4 is 5.32 Å². The van der Waals surface area contributed by atoms with Gasteiger partial charge in [-0.2, -0.15) is 0 Å². The molecule has 132 valence electrons. The number of carbonyl (C=O) groups excluding carboxylic acids is 1. The molecular formula is C22H16ClN3O. The quantitative estimate of drug-likeness (QED) is 0.515. The first-order valence-electron chi connectivity index (χ1n) is 8.52. The smallest absolute Gasteiger partial charge is 0.258 e. The molecular weight excluding hydrogens is 358 g/mol. The predicted molar refractivity (Wildman–Crippen MR) is 109 cm³/mol. The molecule has 5 heteroatoms. The summed E-state index contributed by atoms with van der Waals surface area (Å²) in [6.45, 7) is 2.01. The maximum atomic E-state index is 13.2. The molecule has 0 aliphatic carbocycles. The maximum Gasteiger partial charge on any atom is 0.258 e. The van der Waals surface area contributed by atoms with Gasteiger partial charge in [-0.05, 0) is 25.1 Å². The van der Waals surface area contributed by atoms with E-state index in [1.807, 2.05) is 67.6 Å². The number of halogens is 1. The first kappa shape index (κ1) is 17.2. The van der Waals surface area contributed by atoms with Crippen LogP contribution in [0.25, 0.3) is 22.2 Å². The molecule has 0 aliphatic rings. The molecule has 4 nitrogen and oxygen atoms in total. The van der Waals surface area contributed by atoms with E-state index in [0.717, 1.165) is 16.5 Å². The third-order valence-corrected chi connectivity index (χ3v) is 4.67. The van der Waals surface area contributed by atoms with Gasteiger partial charge in [0.1, 0.15) is 5.69 Å². The van der Waals surface area contributed by atoms with E-state index >= 15 is 0 Å². The van der Waals surface area contributed by atoms with Crippen LogP contribution in [0, 0.1) is 6.92 Å². The minimum Gasteiger partial charge on any atom is -0.321 e. The zero-order valence-corrected chi connectivity index (χ0v) is 15.4. The fourth-order valence-corrected chi connectivity index (χ4v) is 3.13. The molecule has 27 heavy (non-hydrogen) atoms. The number of fused-ring (bicyclic) bond motifs is 1. The monoisotopic (exact) mass is 373 g/mol. The number of anilines is 1. The van der Waals surface area contributed by atoms with Gasteiger partial charge in [0.25, 0.3) is 5.91 Å². The number of hydrogen-bond acceptors (Lipinski definition) is 3. The van der Waals surface area contributed by atoms with Crippen molar-refractivity contribution in [2.75, 3.05) is 5.32 Å². The molecule has 0 bridgehead atoms. The molecule has 0 fully saturated rings. The van der Waals surface area contributed by atoms with Crippen LogP contribution in [0.2, 0.25) is 5.02 Å². The Morgan fingerprint density at radius 2 is 1.59 bits per heavy atom. The highest BCUT2D eigenvalue weighted by Crippen LogP contribution is 2.29. The third-order valence-electron chi connectivity index (χ3n) is 4.34. The van der Waals surface area contributed by atoms with Crippen LogP contribution >= 0.6 is 11.6 Å². The molecule has 0 unspecified atom stereocenters. The molecule has 4 aromatic rings. The molecule has 1 amide bonds. The molecule has 0 atom stereocenters. The van der Waals surface area contributed by atoms with Gasteiger partial charge in [0.05, 0.1) is 21.8 Å². The van der Waals surface area contributed by atoms with Crippen LogP contribution in [-0.4, -0.2) is 16.1 Å². The Bertz CT molecular complexity index is 1140. The van der Waals surface area contributed by atoms with E-state index in [-0.39, 0.29) is 5.91 Å². The summed E-state index contributed by atoms with van der Waals surface area (Å²) >= 11 is 6.21. The zero-order chi connectivity index (χ0) is 18.8. The van der Waals surface area contributed by atoms with Crippen LogP contribution in [0.1, 0.15) is 15.9 Å². The zero-order valence-electron chi connectivity index (χ0n) is 14.6. The molecule has 0 saturated heterocycles. The van der Waals surface area contributed by atoms with Crippen molar-refractivity contribution in [3.8, 4) is 11.3 Å². The Labute approximate surface area is 161 Å². The lowest BCUT2D eigenvalue weighted by molar-refractivity contribution is 0.102. The largest absolute Gasteiger partial charge is 0.321 e. The highest BCUT2D eigenvalue weighted by molar-refractivity contribution is 6.34. The van der Waals surface area contributed by atoms with Crippen molar-refractivity contribution in [3.63, 3.8) is 0 Å². The summed E-state index contributed by atoms with van der Waals surface area (Å²) in [4.78, 5) is 13.2. The van der Waals surface area contributed by atoms with Crippen molar-refractivity contribution in [3.05, 3.63) is 88.9 Å². The van der Waals surface area contributed by atoms with Gasteiger partial charge in [-0.25, -0.2) is 0 Å². The van der Waals surface area contributed by atoms with E-state index in [1.165, 1.54) is 0 Å². The number of hydrogen-bond donors (Lipinski definition) is 1. The van der Waals surface area contributed by atoms with Gasteiger partial charge >= 0.3 is 0 Å². The van der Waals surface area contributed by atoms with Gasteiger partial charge in [-0.1, -0.05) is 71.8 Å². The van der Waals surface area contributed by atoms with Crippen LogP contribution in [0.5, 0.6) is 0 Å². The maximum absolute atomic E-state index is 13.2. The highest BCUT2D eigenvalue weighted by Gasteiger charge is 2.20. The summed E-state index contributed by atoms with van der Waals surface area (Å²) in [6, 6.07) is 22.5. The number of benzene rings is 3. The summed E-state index contributed by atoms with van der Waals surface area (Å²) in [5.74, 6) is -0.273. The molecule has 1 aromatic heterocycles. The predicted octanol–water partition coefficient (Wildman–Crippen LogP) is 5.51. The summed E-state index contributed by atoms with van der Waals surface area (Å²) < 4.78 is 0. The molecule has 1 N–H and O–H groups in total.